The van der Waals surface area contributed by atoms with Crippen LogP contribution in [0.1, 0.15) is 106 Å². The molecule has 1 amide bonds. The Balaban J connectivity index is 1.03. The Morgan fingerprint density at radius 3 is 2.47 bits per heavy atom. The number of nitrogens with zero attached hydrogens (tertiary/aromatic N) is 8. The monoisotopic (exact) mass is 666 g/mol. The van der Waals surface area contributed by atoms with Gasteiger partial charge in [-0.15, -0.1) is 0 Å². The number of methoxy groups -OCH3 is 1. The molecule has 260 valence electrons. The van der Waals surface area contributed by atoms with Crippen LogP contribution in [0.5, 0.6) is 5.75 Å². The third-order valence-corrected chi connectivity index (χ3v) is 11.3. The van der Waals surface area contributed by atoms with Gasteiger partial charge in [-0.2, -0.15) is 10.2 Å². The van der Waals surface area contributed by atoms with E-state index in [4.69, 9.17) is 9.72 Å². The minimum atomic E-state index is -0.0745. The van der Waals surface area contributed by atoms with Crippen LogP contribution >= 0.6 is 0 Å². The highest BCUT2D eigenvalue weighted by Crippen LogP contribution is 2.44. The van der Waals surface area contributed by atoms with Gasteiger partial charge in [0, 0.05) is 55.9 Å². The molecule has 2 N–H and O–H groups in total. The lowest BCUT2D eigenvalue weighted by molar-refractivity contribution is 0.0592. The predicted octanol–water partition coefficient (Wildman–Crippen LogP) is 5.57. The van der Waals surface area contributed by atoms with E-state index in [1.807, 2.05) is 16.7 Å². The minimum absolute atomic E-state index is 0.00155. The van der Waals surface area contributed by atoms with Gasteiger partial charge in [0.25, 0.3) is 5.91 Å². The summed E-state index contributed by atoms with van der Waals surface area (Å²) in [5.41, 5.74) is 3.45. The molecule has 0 bridgehead atoms. The number of ether oxygens (including phenoxy) is 1. The zero-order chi connectivity index (χ0) is 34.1. The maximum absolute atomic E-state index is 13.4. The molecule has 2 aromatic heterocycles. The number of piperazine rings is 1. The predicted molar refractivity (Wildman–Crippen MR) is 190 cm³/mol. The number of benzene rings is 1. The van der Waals surface area contributed by atoms with E-state index in [1.54, 1.807) is 25.7 Å². The fourth-order valence-corrected chi connectivity index (χ4v) is 8.55. The Labute approximate surface area is 289 Å². The van der Waals surface area contributed by atoms with Crippen LogP contribution in [0.3, 0.4) is 0 Å². The highest BCUT2D eigenvalue weighted by molar-refractivity contribution is 5.95. The molecule has 7 rings (SSSR count). The quantitative estimate of drug-likeness (QED) is 0.299. The van der Waals surface area contributed by atoms with E-state index in [9.17, 15) is 10.1 Å². The van der Waals surface area contributed by atoms with Crippen LogP contribution in [-0.2, 0) is 0 Å². The lowest BCUT2D eigenvalue weighted by Gasteiger charge is -2.43. The molecule has 3 fully saturated rings. The van der Waals surface area contributed by atoms with E-state index in [-0.39, 0.29) is 18.0 Å². The molecule has 1 saturated heterocycles. The standard InChI is InChI=1S/C37H50N10O2/c1-5-31-34-30(21-38)40-23-46(34)32-22-39-37(43-35(32)47(31)28-8-6-7-9-28)42-29-15-10-25(20-33(29)49-4)36(48)41-26-11-13-27(14-12-26)45-18-16-44(17-19-45)24(2)3/h10,15,20,22-24,26-28,31H,5-9,11-14,16-19H2,1-4H3,(H,41,48)(H,39,42,43)/t26?,27?,31-/m1/s1. The summed E-state index contributed by atoms with van der Waals surface area (Å²) in [5, 5.41) is 16.5. The zero-order valence-electron chi connectivity index (χ0n) is 29.4. The molecule has 2 saturated carbocycles. The van der Waals surface area contributed by atoms with Crippen molar-refractivity contribution in [2.24, 2.45) is 0 Å². The molecule has 4 aliphatic rings. The zero-order valence-corrected chi connectivity index (χ0v) is 29.4. The van der Waals surface area contributed by atoms with Gasteiger partial charge in [-0.25, -0.2) is 9.97 Å². The Hall–Kier alpha value is -4.21. The molecule has 1 atom stereocenters. The number of rotatable bonds is 9. The topological polar surface area (TPSA) is 127 Å². The number of fused-ring (bicyclic) bond motifs is 3. The second-order valence-electron chi connectivity index (χ2n) is 14.3. The molecule has 2 aliphatic carbocycles. The fraction of sp³-hybridized carbons (Fsp3) is 0.595. The minimum Gasteiger partial charge on any atom is -0.495 e. The van der Waals surface area contributed by atoms with Crippen molar-refractivity contribution in [1.82, 2.24) is 34.6 Å². The first-order chi connectivity index (χ1) is 23.9. The van der Waals surface area contributed by atoms with Crippen molar-refractivity contribution in [3.8, 4) is 17.5 Å². The Morgan fingerprint density at radius 2 is 1.80 bits per heavy atom. The van der Waals surface area contributed by atoms with Crippen LogP contribution in [0, 0.1) is 11.3 Å². The first kappa shape index (κ1) is 33.3. The molecule has 0 radical (unpaired) electrons. The molecule has 2 aliphatic heterocycles. The number of nitrogens with one attached hydrogen (secondary N) is 2. The summed E-state index contributed by atoms with van der Waals surface area (Å²) >= 11 is 0. The lowest BCUT2D eigenvalue weighted by Crippen LogP contribution is -2.53. The van der Waals surface area contributed by atoms with Gasteiger partial charge in [0.1, 0.15) is 23.8 Å². The maximum atomic E-state index is 13.4. The van der Waals surface area contributed by atoms with Gasteiger partial charge < -0.3 is 20.3 Å². The van der Waals surface area contributed by atoms with Crippen LogP contribution in [0.2, 0.25) is 0 Å². The third-order valence-electron chi connectivity index (χ3n) is 11.3. The van der Waals surface area contributed by atoms with Crippen molar-refractivity contribution in [2.45, 2.75) is 109 Å². The molecule has 12 heteroatoms. The summed E-state index contributed by atoms with van der Waals surface area (Å²) < 4.78 is 7.73. The van der Waals surface area contributed by atoms with Crippen molar-refractivity contribution >= 4 is 23.4 Å². The summed E-state index contributed by atoms with van der Waals surface area (Å²) in [6.45, 7) is 11.3. The van der Waals surface area contributed by atoms with Gasteiger partial charge in [-0.05, 0) is 77.0 Å². The smallest absolute Gasteiger partial charge is 0.251 e. The number of nitriles is 1. The Kier molecular flexibility index (Phi) is 9.74. The van der Waals surface area contributed by atoms with E-state index in [0.29, 0.717) is 46.8 Å². The first-order valence-electron chi connectivity index (χ1n) is 18.3. The van der Waals surface area contributed by atoms with E-state index in [2.05, 4.69) is 62.1 Å². The number of carbonyl (C=O) groups excluding carboxylic acids is 1. The van der Waals surface area contributed by atoms with E-state index in [0.717, 1.165) is 88.3 Å². The van der Waals surface area contributed by atoms with Gasteiger partial charge >= 0.3 is 0 Å². The number of imidazole rings is 1. The van der Waals surface area contributed by atoms with E-state index >= 15 is 0 Å². The van der Waals surface area contributed by atoms with Crippen LogP contribution < -0.4 is 20.3 Å². The molecule has 1 aromatic carbocycles. The van der Waals surface area contributed by atoms with Gasteiger partial charge in [0.05, 0.1) is 30.7 Å². The highest BCUT2D eigenvalue weighted by Gasteiger charge is 2.39. The van der Waals surface area contributed by atoms with Gasteiger partial charge in [-0.3, -0.25) is 19.2 Å². The first-order valence-corrected chi connectivity index (χ1v) is 18.3. The van der Waals surface area contributed by atoms with Crippen LogP contribution in [0.25, 0.3) is 5.69 Å². The molecule has 49 heavy (non-hydrogen) atoms. The van der Waals surface area contributed by atoms with E-state index < -0.39 is 0 Å². The maximum Gasteiger partial charge on any atom is 0.251 e. The Morgan fingerprint density at radius 1 is 1.04 bits per heavy atom. The largest absolute Gasteiger partial charge is 0.495 e. The molecular formula is C37H50N10O2. The fourth-order valence-electron chi connectivity index (χ4n) is 8.55. The lowest BCUT2D eigenvalue weighted by atomic mass is 9.89. The second kappa shape index (κ2) is 14.3. The van der Waals surface area contributed by atoms with Gasteiger partial charge in [-0.1, -0.05) is 19.8 Å². The highest BCUT2D eigenvalue weighted by atomic mass is 16.5. The number of anilines is 3. The summed E-state index contributed by atoms with van der Waals surface area (Å²) in [7, 11) is 1.61. The Bertz CT molecular complexity index is 1680. The van der Waals surface area contributed by atoms with Gasteiger partial charge in [0.15, 0.2) is 11.5 Å². The number of carbonyl (C=O) groups is 1. The number of hydrogen-bond donors (Lipinski definition) is 2. The molecule has 0 spiro atoms. The van der Waals surface area contributed by atoms with Crippen molar-refractivity contribution in [1.29, 1.82) is 5.26 Å². The van der Waals surface area contributed by atoms with Crippen molar-refractivity contribution in [2.75, 3.05) is 43.5 Å². The van der Waals surface area contributed by atoms with E-state index in [1.165, 1.54) is 12.8 Å². The molecule has 3 aromatic rings. The molecule has 0 unspecified atom stereocenters. The average Bonchev–Trinajstić information content (AvgIpc) is 3.82. The normalized spacial score (nSPS) is 23.2. The molecule has 4 heterocycles. The second-order valence-corrected chi connectivity index (χ2v) is 14.3. The SMILES string of the molecule is CC[C@@H]1c2c(C#N)ncn2-c2cnc(Nc3ccc(C(=O)NC4CCC(N5CCN(C(C)C)CC5)CC4)cc3OC)nc2N1C1CCCC1. The number of amides is 1. The molecule has 12 nitrogen and oxygen atoms in total. The van der Waals surface area contributed by atoms with Crippen LogP contribution in [0.4, 0.5) is 17.5 Å². The van der Waals surface area contributed by atoms with Crippen LogP contribution in [0.15, 0.2) is 30.7 Å². The number of aromatic nitrogens is 4. The average molecular weight is 667 g/mol. The third kappa shape index (κ3) is 6.58. The molecular weight excluding hydrogens is 616 g/mol. The van der Waals surface area contributed by atoms with Crippen molar-refractivity contribution in [3.05, 3.63) is 47.7 Å². The number of hydrogen-bond acceptors (Lipinski definition) is 10. The summed E-state index contributed by atoms with van der Waals surface area (Å²) in [5.74, 6) is 1.76. The van der Waals surface area contributed by atoms with Crippen molar-refractivity contribution in [3.63, 3.8) is 0 Å². The summed E-state index contributed by atoms with van der Waals surface area (Å²) in [6, 6.07) is 9.53. The van der Waals surface area contributed by atoms with Crippen LogP contribution in [-0.4, -0.2) is 92.7 Å². The van der Waals surface area contributed by atoms with Gasteiger partial charge in [0.2, 0.25) is 5.95 Å². The summed E-state index contributed by atoms with van der Waals surface area (Å²) in [6.07, 6.45) is 13.1. The van der Waals surface area contributed by atoms with Crippen molar-refractivity contribution < 1.29 is 9.53 Å². The summed E-state index contributed by atoms with van der Waals surface area (Å²) in [4.78, 5) is 35.2.